The van der Waals surface area contributed by atoms with E-state index in [4.69, 9.17) is 9.47 Å². The zero-order valence-electron chi connectivity index (χ0n) is 15.1. The Morgan fingerprint density at radius 2 is 1.95 bits per heavy atom. The summed E-state index contributed by atoms with van der Waals surface area (Å²) in [5.74, 6) is 3.46. The molecule has 126 valence electrons. The summed E-state index contributed by atoms with van der Waals surface area (Å²) in [6, 6.07) is -0.130. The smallest absolute Gasteiger partial charge is 0.220 e. The molecule has 2 atom stereocenters. The van der Waals surface area contributed by atoms with E-state index in [9.17, 15) is 4.79 Å². The molecule has 22 heavy (non-hydrogen) atoms. The number of amides is 1. The SMILES string of the molecule is C=CCN(C(C)=O)[C@@H](C(C)C)[C@H](C#C[Si](C)(C)C)OCOC. The van der Waals surface area contributed by atoms with E-state index < -0.39 is 8.07 Å². The number of nitrogens with zero attached hydrogens (tertiary/aromatic N) is 1. The lowest BCUT2D eigenvalue weighted by molar-refractivity contribution is -0.138. The van der Waals surface area contributed by atoms with Gasteiger partial charge in [0.25, 0.3) is 0 Å². The third-order valence-electron chi connectivity index (χ3n) is 3.04. The van der Waals surface area contributed by atoms with Gasteiger partial charge in [-0.2, -0.15) is 0 Å². The third-order valence-corrected chi connectivity index (χ3v) is 3.93. The monoisotopic (exact) mass is 325 g/mol. The van der Waals surface area contributed by atoms with Gasteiger partial charge >= 0.3 is 0 Å². The molecule has 0 aromatic rings. The van der Waals surface area contributed by atoms with Crippen molar-refractivity contribution < 1.29 is 14.3 Å². The van der Waals surface area contributed by atoms with Gasteiger partial charge in [-0.25, -0.2) is 0 Å². The number of carbonyl (C=O) groups is 1. The highest BCUT2D eigenvalue weighted by Crippen LogP contribution is 2.18. The second kappa shape index (κ2) is 9.83. The van der Waals surface area contributed by atoms with Crippen LogP contribution in [-0.4, -0.2) is 51.5 Å². The van der Waals surface area contributed by atoms with Crippen molar-refractivity contribution in [3.8, 4) is 11.5 Å². The molecule has 0 spiro atoms. The quantitative estimate of drug-likeness (QED) is 0.298. The van der Waals surface area contributed by atoms with Crippen LogP contribution in [0, 0.1) is 17.4 Å². The average Bonchev–Trinajstić information content (AvgIpc) is 2.38. The summed E-state index contributed by atoms with van der Waals surface area (Å²) in [6.07, 6.45) is 1.37. The van der Waals surface area contributed by atoms with Gasteiger partial charge in [0.2, 0.25) is 5.91 Å². The number of rotatable bonds is 8. The Hall–Kier alpha value is -1.09. The fourth-order valence-corrected chi connectivity index (χ4v) is 2.70. The van der Waals surface area contributed by atoms with E-state index in [0.29, 0.717) is 6.54 Å². The summed E-state index contributed by atoms with van der Waals surface area (Å²) < 4.78 is 10.8. The van der Waals surface area contributed by atoms with Crippen molar-refractivity contribution >= 4 is 14.0 Å². The fraction of sp³-hybridized carbons (Fsp3) is 0.706. The van der Waals surface area contributed by atoms with Crippen LogP contribution in [0.15, 0.2) is 12.7 Å². The van der Waals surface area contributed by atoms with Gasteiger partial charge in [0, 0.05) is 20.6 Å². The van der Waals surface area contributed by atoms with Crippen molar-refractivity contribution in [1.82, 2.24) is 4.90 Å². The Kier molecular flexibility index (Phi) is 9.34. The molecule has 0 aliphatic rings. The highest BCUT2D eigenvalue weighted by atomic mass is 28.3. The van der Waals surface area contributed by atoms with Gasteiger partial charge in [0.15, 0.2) is 0 Å². The predicted octanol–water partition coefficient (Wildman–Crippen LogP) is 2.92. The molecule has 5 heteroatoms. The molecule has 0 heterocycles. The normalized spacial score (nSPS) is 14.0. The first-order chi connectivity index (χ1) is 10.1. The lowest BCUT2D eigenvalue weighted by atomic mass is 9.96. The van der Waals surface area contributed by atoms with E-state index in [2.05, 4.69) is 51.5 Å². The number of hydrogen-bond donors (Lipinski definition) is 0. The largest absolute Gasteiger partial charge is 0.359 e. The summed E-state index contributed by atoms with van der Waals surface area (Å²) >= 11 is 0. The zero-order chi connectivity index (χ0) is 17.3. The average molecular weight is 326 g/mol. The van der Waals surface area contributed by atoms with Gasteiger partial charge in [0.05, 0.1) is 6.04 Å². The van der Waals surface area contributed by atoms with Crippen molar-refractivity contribution in [3.63, 3.8) is 0 Å². The number of ether oxygens (including phenoxy) is 2. The molecule has 4 nitrogen and oxygen atoms in total. The van der Waals surface area contributed by atoms with Crippen molar-refractivity contribution in [2.24, 2.45) is 5.92 Å². The molecule has 0 rings (SSSR count). The maximum atomic E-state index is 12.0. The fourth-order valence-electron chi connectivity index (χ4n) is 2.13. The minimum Gasteiger partial charge on any atom is -0.359 e. The predicted molar refractivity (Wildman–Crippen MR) is 94.1 cm³/mol. The molecular formula is C17H31NO3Si. The maximum absolute atomic E-state index is 12.0. The van der Waals surface area contributed by atoms with E-state index in [1.807, 2.05) is 0 Å². The molecule has 0 aliphatic carbocycles. The Bertz CT molecular complexity index is 418. The van der Waals surface area contributed by atoms with Crippen LogP contribution in [0.4, 0.5) is 0 Å². The molecule has 0 unspecified atom stereocenters. The molecule has 0 saturated heterocycles. The first-order valence-corrected chi connectivity index (χ1v) is 11.1. The summed E-state index contributed by atoms with van der Waals surface area (Å²) in [4.78, 5) is 13.8. The van der Waals surface area contributed by atoms with Crippen molar-refractivity contribution in [1.29, 1.82) is 0 Å². The van der Waals surface area contributed by atoms with Crippen LogP contribution in [0.3, 0.4) is 0 Å². The Morgan fingerprint density at radius 3 is 2.32 bits per heavy atom. The number of methoxy groups -OCH3 is 1. The lowest BCUT2D eigenvalue weighted by Gasteiger charge is -2.36. The number of carbonyl (C=O) groups excluding carboxylic acids is 1. The second-order valence-electron chi connectivity index (χ2n) is 6.71. The molecule has 0 N–H and O–H groups in total. The van der Waals surface area contributed by atoms with E-state index in [0.717, 1.165) is 0 Å². The summed E-state index contributed by atoms with van der Waals surface area (Å²) in [5.41, 5.74) is 3.35. The molecule has 0 fully saturated rings. The van der Waals surface area contributed by atoms with Crippen LogP contribution >= 0.6 is 0 Å². The second-order valence-corrected chi connectivity index (χ2v) is 11.5. The van der Waals surface area contributed by atoms with Crippen LogP contribution < -0.4 is 0 Å². The first kappa shape index (κ1) is 20.9. The van der Waals surface area contributed by atoms with Crippen LogP contribution in [0.1, 0.15) is 20.8 Å². The van der Waals surface area contributed by atoms with Gasteiger partial charge in [-0.05, 0) is 5.92 Å². The molecule has 0 bridgehead atoms. The zero-order valence-corrected chi connectivity index (χ0v) is 16.1. The molecule has 0 aromatic carbocycles. The molecule has 0 aliphatic heterocycles. The topological polar surface area (TPSA) is 38.8 Å². The molecule has 0 aromatic heterocycles. The summed E-state index contributed by atoms with van der Waals surface area (Å²) in [5, 5.41) is 0. The van der Waals surface area contributed by atoms with E-state index in [1.165, 1.54) is 0 Å². The van der Waals surface area contributed by atoms with Crippen LogP contribution in [0.5, 0.6) is 0 Å². The van der Waals surface area contributed by atoms with Gasteiger partial charge in [-0.3, -0.25) is 4.79 Å². The molecule has 1 amide bonds. The van der Waals surface area contributed by atoms with Crippen molar-refractivity contribution in [2.75, 3.05) is 20.4 Å². The molecular weight excluding hydrogens is 294 g/mol. The molecule has 0 saturated carbocycles. The Morgan fingerprint density at radius 1 is 1.36 bits per heavy atom. The minimum atomic E-state index is -1.53. The molecule has 0 radical (unpaired) electrons. The van der Waals surface area contributed by atoms with Gasteiger partial charge in [-0.15, -0.1) is 12.1 Å². The summed E-state index contributed by atoms with van der Waals surface area (Å²) in [7, 11) is 0.0574. The van der Waals surface area contributed by atoms with Crippen molar-refractivity contribution in [2.45, 2.75) is 52.6 Å². The lowest BCUT2D eigenvalue weighted by Crippen LogP contribution is -2.50. The van der Waals surface area contributed by atoms with Crippen LogP contribution in [0.2, 0.25) is 19.6 Å². The van der Waals surface area contributed by atoms with Gasteiger partial charge < -0.3 is 14.4 Å². The Balaban J connectivity index is 5.57. The van der Waals surface area contributed by atoms with Crippen molar-refractivity contribution in [3.05, 3.63) is 12.7 Å². The first-order valence-electron chi connectivity index (χ1n) is 7.65. The van der Waals surface area contributed by atoms with E-state index in [1.54, 1.807) is 25.0 Å². The Labute approximate surface area is 136 Å². The minimum absolute atomic E-state index is 0.000537. The number of hydrogen-bond acceptors (Lipinski definition) is 3. The highest BCUT2D eigenvalue weighted by Gasteiger charge is 2.31. The van der Waals surface area contributed by atoms with Gasteiger partial charge in [0.1, 0.15) is 21.0 Å². The standard InChI is InChI=1S/C17H31NO3Si/c1-9-11-18(15(4)19)17(14(2)3)16(21-13-20-5)10-12-22(6,7)8/h9,14,16-17H,1,11,13H2,2-8H3/t16-,17-/m0/s1. The van der Waals surface area contributed by atoms with Crippen LogP contribution in [-0.2, 0) is 14.3 Å². The van der Waals surface area contributed by atoms with E-state index in [-0.39, 0.29) is 30.8 Å². The summed E-state index contributed by atoms with van der Waals surface area (Å²) in [6.45, 7) is 16.7. The van der Waals surface area contributed by atoms with Crippen LogP contribution in [0.25, 0.3) is 0 Å². The van der Waals surface area contributed by atoms with Gasteiger partial charge in [-0.1, -0.05) is 45.5 Å². The highest BCUT2D eigenvalue weighted by molar-refractivity contribution is 6.83. The van der Waals surface area contributed by atoms with E-state index >= 15 is 0 Å². The maximum Gasteiger partial charge on any atom is 0.220 e. The third kappa shape index (κ3) is 7.78.